The summed E-state index contributed by atoms with van der Waals surface area (Å²) in [4.78, 5) is 28.1. The number of morpholine rings is 1. The Hall–Kier alpha value is -1.93. The minimum absolute atomic E-state index is 0.0335. The molecule has 0 saturated carbocycles. The van der Waals surface area contributed by atoms with Crippen molar-refractivity contribution < 1.29 is 14.3 Å². The molecule has 3 rings (SSSR count). The van der Waals surface area contributed by atoms with E-state index in [4.69, 9.17) is 4.74 Å². The number of piperidine rings is 1. The first kappa shape index (κ1) is 17.9. The van der Waals surface area contributed by atoms with E-state index in [1.54, 1.807) is 11.1 Å². The van der Waals surface area contributed by atoms with Gasteiger partial charge < -0.3 is 19.9 Å². The standard InChI is InChI=1S/C17H27N5O3/c1-3-20-8-5-14(6-9-20)22-16(4-7-18-22)19-17(24)15-12-21(13(2)23)10-11-25-15/h4,7,14-15H,3,5-6,8-12H2,1-2H3,(H,19,24). The van der Waals surface area contributed by atoms with E-state index < -0.39 is 6.10 Å². The summed E-state index contributed by atoms with van der Waals surface area (Å²) in [7, 11) is 0. The molecule has 2 aliphatic rings. The Morgan fingerprint density at radius 3 is 2.76 bits per heavy atom. The van der Waals surface area contributed by atoms with Crippen molar-refractivity contribution in [2.45, 2.75) is 38.8 Å². The summed E-state index contributed by atoms with van der Waals surface area (Å²) < 4.78 is 7.45. The van der Waals surface area contributed by atoms with Crippen molar-refractivity contribution in [1.29, 1.82) is 0 Å². The van der Waals surface area contributed by atoms with Crippen LogP contribution in [0.15, 0.2) is 12.3 Å². The molecule has 2 fully saturated rings. The molecule has 1 N–H and O–H groups in total. The minimum atomic E-state index is -0.636. The van der Waals surface area contributed by atoms with Crippen LogP contribution in [0.3, 0.4) is 0 Å². The Morgan fingerprint density at radius 2 is 2.08 bits per heavy atom. The largest absolute Gasteiger partial charge is 0.365 e. The molecule has 138 valence electrons. The Morgan fingerprint density at radius 1 is 1.32 bits per heavy atom. The molecule has 2 aliphatic heterocycles. The second-order valence-corrected chi connectivity index (χ2v) is 6.64. The van der Waals surface area contributed by atoms with Crippen LogP contribution in [-0.4, -0.2) is 76.8 Å². The van der Waals surface area contributed by atoms with Gasteiger partial charge >= 0.3 is 0 Å². The predicted octanol–water partition coefficient (Wildman–Crippen LogP) is 0.726. The molecule has 1 atom stereocenters. The van der Waals surface area contributed by atoms with Crippen molar-refractivity contribution in [2.24, 2.45) is 0 Å². The number of carbonyl (C=O) groups excluding carboxylic acids is 2. The van der Waals surface area contributed by atoms with Gasteiger partial charge in [-0.25, -0.2) is 4.68 Å². The van der Waals surface area contributed by atoms with Gasteiger partial charge in [0, 0.05) is 32.6 Å². The number of hydrogen-bond acceptors (Lipinski definition) is 5. The van der Waals surface area contributed by atoms with Crippen molar-refractivity contribution >= 4 is 17.6 Å². The monoisotopic (exact) mass is 349 g/mol. The summed E-state index contributed by atoms with van der Waals surface area (Å²) in [5.41, 5.74) is 0. The van der Waals surface area contributed by atoms with E-state index in [1.165, 1.54) is 6.92 Å². The van der Waals surface area contributed by atoms with Crippen molar-refractivity contribution in [2.75, 3.05) is 44.6 Å². The Kier molecular flexibility index (Phi) is 5.70. The van der Waals surface area contributed by atoms with Gasteiger partial charge in [-0.1, -0.05) is 6.92 Å². The average Bonchev–Trinajstić information content (AvgIpc) is 3.10. The van der Waals surface area contributed by atoms with Gasteiger partial charge in [-0.15, -0.1) is 0 Å². The smallest absolute Gasteiger partial charge is 0.256 e. The van der Waals surface area contributed by atoms with Gasteiger partial charge in [-0.05, 0) is 19.4 Å². The Bertz CT molecular complexity index is 609. The van der Waals surface area contributed by atoms with Gasteiger partial charge in [0.1, 0.15) is 5.82 Å². The van der Waals surface area contributed by atoms with E-state index in [1.807, 2.05) is 10.7 Å². The fourth-order valence-electron chi connectivity index (χ4n) is 3.49. The summed E-state index contributed by atoms with van der Waals surface area (Å²) in [5, 5.41) is 7.34. The van der Waals surface area contributed by atoms with Crippen molar-refractivity contribution in [1.82, 2.24) is 19.6 Å². The maximum absolute atomic E-state index is 12.5. The number of amides is 2. The molecule has 3 heterocycles. The van der Waals surface area contributed by atoms with Crippen LogP contribution in [0.4, 0.5) is 5.82 Å². The van der Waals surface area contributed by atoms with Gasteiger partial charge in [0.2, 0.25) is 5.91 Å². The van der Waals surface area contributed by atoms with Crippen LogP contribution in [0.25, 0.3) is 0 Å². The van der Waals surface area contributed by atoms with Crippen molar-refractivity contribution in [3.8, 4) is 0 Å². The molecule has 0 radical (unpaired) electrons. The normalized spacial score (nSPS) is 22.8. The first-order chi connectivity index (χ1) is 12.1. The lowest BCUT2D eigenvalue weighted by Crippen LogP contribution is -2.49. The van der Waals surface area contributed by atoms with Gasteiger partial charge in [0.15, 0.2) is 6.10 Å². The molecule has 1 aromatic rings. The second-order valence-electron chi connectivity index (χ2n) is 6.64. The SMILES string of the molecule is CCN1CCC(n2nccc2NC(=O)C2CN(C(C)=O)CCO2)CC1. The molecule has 0 spiro atoms. The molecule has 0 aromatic carbocycles. The summed E-state index contributed by atoms with van der Waals surface area (Å²) >= 11 is 0. The lowest BCUT2D eigenvalue weighted by atomic mass is 10.1. The number of anilines is 1. The maximum Gasteiger partial charge on any atom is 0.256 e. The molecule has 2 saturated heterocycles. The highest BCUT2D eigenvalue weighted by Gasteiger charge is 2.29. The zero-order valence-electron chi connectivity index (χ0n) is 15.0. The predicted molar refractivity (Wildman–Crippen MR) is 93.2 cm³/mol. The van der Waals surface area contributed by atoms with Gasteiger partial charge in [0.05, 0.1) is 25.4 Å². The third-order valence-electron chi connectivity index (χ3n) is 5.08. The van der Waals surface area contributed by atoms with E-state index in [9.17, 15) is 9.59 Å². The van der Waals surface area contributed by atoms with Crippen molar-refractivity contribution in [3.05, 3.63) is 12.3 Å². The zero-order valence-corrected chi connectivity index (χ0v) is 15.0. The van der Waals surface area contributed by atoms with Crippen LogP contribution in [0.2, 0.25) is 0 Å². The van der Waals surface area contributed by atoms with E-state index in [2.05, 4.69) is 22.2 Å². The van der Waals surface area contributed by atoms with Gasteiger partial charge in [-0.3, -0.25) is 9.59 Å². The molecule has 25 heavy (non-hydrogen) atoms. The Labute approximate surface area is 148 Å². The molecule has 0 bridgehead atoms. The first-order valence-electron chi connectivity index (χ1n) is 9.02. The number of aromatic nitrogens is 2. The number of likely N-dealkylation sites (tertiary alicyclic amines) is 1. The van der Waals surface area contributed by atoms with E-state index in [0.717, 1.165) is 32.5 Å². The molecule has 8 nitrogen and oxygen atoms in total. The molecule has 1 unspecified atom stereocenters. The van der Waals surface area contributed by atoms with Crippen LogP contribution < -0.4 is 5.32 Å². The molecule has 1 aromatic heterocycles. The van der Waals surface area contributed by atoms with Crippen LogP contribution in [0.5, 0.6) is 0 Å². The number of ether oxygens (including phenoxy) is 1. The summed E-state index contributed by atoms with van der Waals surface area (Å²) in [6, 6.07) is 2.12. The fourth-order valence-corrected chi connectivity index (χ4v) is 3.49. The second kappa shape index (κ2) is 7.97. The topological polar surface area (TPSA) is 79.7 Å². The average molecular weight is 349 g/mol. The van der Waals surface area contributed by atoms with E-state index >= 15 is 0 Å². The van der Waals surface area contributed by atoms with E-state index in [-0.39, 0.29) is 11.8 Å². The van der Waals surface area contributed by atoms with E-state index in [0.29, 0.717) is 31.6 Å². The number of hydrogen-bond donors (Lipinski definition) is 1. The van der Waals surface area contributed by atoms with Crippen LogP contribution in [0, 0.1) is 0 Å². The number of rotatable bonds is 4. The summed E-state index contributed by atoms with van der Waals surface area (Å²) in [6.07, 6.45) is 3.13. The third kappa shape index (κ3) is 4.19. The quantitative estimate of drug-likeness (QED) is 0.867. The lowest BCUT2D eigenvalue weighted by Gasteiger charge is -2.33. The minimum Gasteiger partial charge on any atom is -0.365 e. The zero-order chi connectivity index (χ0) is 17.8. The highest BCUT2D eigenvalue weighted by molar-refractivity contribution is 5.94. The number of nitrogens with one attached hydrogen (secondary N) is 1. The van der Waals surface area contributed by atoms with Crippen molar-refractivity contribution in [3.63, 3.8) is 0 Å². The van der Waals surface area contributed by atoms with Gasteiger partial charge in [0.25, 0.3) is 5.91 Å². The molecular weight excluding hydrogens is 322 g/mol. The Balaban J connectivity index is 1.61. The number of nitrogens with zero attached hydrogens (tertiary/aromatic N) is 4. The molecular formula is C17H27N5O3. The third-order valence-corrected chi connectivity index (χ3v) is 5.08. The van der Waals surface area contributed by atoms with Gasteiger partial charge in [-0.2, -0.15) is 5.10 Å². The van der Waals surface area contributed by atoms with Crippen LogP contribution in [-0.2, 0) is 14.3 Å². The van der Waals surface area contributed by atoms with Crippen LogP contribution in [0.1, 0.15) is 32.7 Å². The molecule has 0 aliphatic carbocycles. The fraction of sp³-hybridized carbons (Fsp3) is 0.706. The summed E-state index contributed by atoms with van der Waals surface area (Å²) in [5.74, 6) is 0.441. The lowest BCUT2D eigenvalue weighted by molar-refractivity contribution is -0.143. The first-order valence-corrected chi connectivity index (χ1v) is 9.02. The summed E-state index contributed by atoms with van der Waals surface area (Å²) in [6.45, 7) is 8.07. The van der Waals surface area contributed by atoms with Crippen LogP contribution >= 0.6 is 0 Å². The number of carbonyl (C=O) groups is 2. The molecule has 2 amide bonds. The molecule has 8 heteroatoms. The maximum atomic E-state index is 12.5. The highest BCUT2D eigenvalue weighted by Crippen LogP contribution is 2.25. The highest BCUT2D eigenvalue weighted by atomic mass is 16.5.